The maximum atomic E-state index is 14.8. The van der Waals surface area contributed by atoms with Crippen molar-refractivity contribution in [3.63, 3.8) is 0 Å². The van der Waals surface area contributed by atoms with Crippen molar-refractivity contribution in [2.45, 2.75) is 61.0 Å². The first kappa shape index (κ1) is 22.1. The molecule has 3 aliphatic rings. The molecule has 1 amide bonds. The number of hydrogen-bond donors (Lipinski definition) is 4. The second-order valence-corrected chi connectivity index (χ2v) is 9.50. The van der Waals surface area contributed by atoms with Gasteiger partial charge in [-0.2, -0.15) is 0 Å². The molecule has 6 unspecified atom stereocenters. The van der Waals surface area contributed by atoms with Gasteiger partial charge in [-0.3, -0.25) is 15.4 Å². The van der Waals surface area contributed by atoms with Gasteiger partial charge in [0.05, 0.1) is 27.7 Å². The number of carbonyl (C=O) groups is 1. The zero-order chi connectivity index (χ0) is 21.4. The minimum absolute atomic E-state index is 0.0462. The highest BCUT2D eigenvalue weighted by molar-refractivity contribution is 6.30. The second-order valence-electron chi connectivity index (χ2n) is 7.97. The molecule has 1 aliphatic heterocycles. The molecule has 1 saturated heterocycles. The van der Waals surface area contributed by atoms with Gasteiger partial charge < -0.3 is 10.6 Å². The van der Waals surface area contributed by atoms with Crippen molar-refractivity contribution in [3.05, 3.63) is 40.8 Å². The quantitative estimate of drug-likeness (QED) is 0.495. The Morgan fingerprint density at radius 3 is 2.63 bits per heavy atom. The summed E-state index contributed by atoms with van der Waals surface area (Å²) in [5.41, 5.74) is 0.974. The van der Waals surface area contributed by atoms with Gasteiger partial charge in [0, 0.05) is 23.8 Å². The fourth-order valence-electron chi connectivity index (χ4n) is 4.25. The average molecular weight is 480 g/mol. The van der Waals surface area contributed by atoms with E-state index in [2.05, 4.69) is 21.3 Å². The average Bonchev–Trinajstić information content (AvgIpc) is 3.08. The molecule has 0 bridgehead atoms. The molecule has 0 spiro atoms. The van der Waals surface area contributed by atoms with Crippen LogP contribution in [0.15, 0.2) is 30.0 Å². The van der Waals surface area contributed by atoms with Crippen LogP contribution in [0.2, 0.25) is 5.02 Å². The van der Waals surface area contributed by atoms with Crippen LogP contribution in [0.5, 0.6) is 0 Å². The molecule has 164 valence electrons. The van der Waals surface area contributed by atoms with E-state index in [4.69, 9.17) is 34.8 Å². The van der Waals surface area contributed by atoms with Gasteiger partial charge in [0.1, 0.15) is 18.3 Å². The van der Waals surface area contributed by atoms with E-state index >= 15 is 0 Å². The maximum Gasteiger partial charge on any atom is 0.234 e. The monoisotopic (exact) mass is 478 g/mol. The zero-order valence-electron chi connectivity index (χ0n) is 16.0. The Labute approximate surface area is 188 Å². The van der Waals surface area contributed by atoms with Gasteiger partial charge in [-0.1, -0.05) is 18.0 Å². The summed E-state index contributed by atoms with van der Waals surface area (Å²) in [4.78, 5) is 12.6. The number of rotatable bonds is 4. The summed E-state index contributed by atoms with van der Waals surface area (Å²) < 4.78 is 28.4. The van der Waals surface area contributed by atoms with Gasteiger partial charge >= 0.3 is 0 Å². The largest absolute Gasteiger partial charge is 0.360 e. The summed E-state index contributed by atoms with van der Waals surface area (Å²) in [6.07, 6.45) is 2.82. The molecule has 5 nitrogen and oxygen atoms in total. The summed E-state index contributed by atoms with van der Waals surface area (Å²) in [5, 5.41) is 12.3. The van der Waals surface area contributed by atoms with Crippen LogP contribution >= 0.6 is 34.8 Å². The van der Waals surface area contributed by atoms with Crippen molar-refractivity contribution in [1.29, 1.82) is 0 Å². The fraction of sp³-hybridized carbons (Fsp3) is 0.550. The van der Waals surface area contributed by atoms with Gasteiger partial charge in [0.25, 0.3) is 0 Å². The minimum atomic E-state index is -1.37. The van der Waals surface area contributed by atoms with Gasteiger partial charge in [-0.15, -0.1) is 23.2 Å². The lowest BCUT2D eigenvalue weighted by Gasteiger charge is -2.34. The Morgan fingerprint density at radius 1 is 1.20 bits per heavy atom. The van der Waals surface area contributed by atoms with Crippen LogP contribution in [-0.2, 0) is 4.79 Å². The third-order valence-corrected chi connectivity index (χ3v) is 7.14. The van der Waals surface area contributed by atoms with Crippen molar-refractivity contribution in [2.75, 3.05) is 5.32 Å². The van der Waals surface area contributed by atoms with Crippen LogP contribution in [0, 0.1) is 11.7 Å². The Kier molecular flexibility index (Phi) is 6.75. The molecule has 4 N–H and O–H groups in total. The molecule has 0 radical (unpaired) electrons. The van der Waals surface area contributed by atoms with Crippen LogP contribution in [0.25, 0.3) is 0 Å². The third-order valence-electron chi connectivity index (χ3n) is 5.85. The molecule has 2 fully saturated rings. The Balaban J connectivity index is 1.41. The lowest BCUT2D eigenvalue weighted by Crippen LogP contribution is -2.57. The molecule has 10 heteroatoms. The van der Waals surface area contributed by atoms with E-state index in [0.29, 0.717) is 0 Å². The molecule has 1 heterocycles. The van der Waals surface area contributed by atoms with Gasteiger partial charge in [-0.25, -0.2) is 8.78 Å². The van der Waals surface area contributed by atoms with E-state index in [0.717, 1.165) is 31.0 Å². The lowest BCUT2D eigenvalue weighted by molar-refractivity contribution is -0.120. The van der Waals surface area contributed by atoms with E-state index < -0.39 is 23.8 Å². The third kappa shape index (κ3) is 4.70. The predicted octanol–water partition coefficient (Wildman–Crippen LogP) is 3.86. The van der Waals surface area contributed by atoms with Gasteiger partial charge in [-0.05, 0) is 37.1 Å². The second kappa shape index (κ2) is 9.17. The van der Waals surface area contributed by atoms with Crippen LogP contribution < -0.4 is 21.3 Å². The normalized spacial score (nSPS) is 35.9. The molecule has 1 aromatic carbocycles. The standard InChI is InChI=1S/C20H23Cl3F2N4O/c21-11-5-4-9(6-15(11)25)26-19(30)10-7-16-17(8-14(10)24)28-20(27-16)29-18-12(22)2-1-3-13(18)23/h4-7,10,12-14,17-18,20,27-29H,1-3,8H2,(H,26,30). The summed E-state index contributed by atoms with van der Waals surface area (Å²) in [6.45, 7) is 0. The number of benzene rings is 1. The Hall–Kier alpha value is -1.12. The molecule has 6 atom stereocenters. The summed E-state index contributed by atoms with van der Waals surface area (Å²) in [7, 11) is 0. The van der Waals surface area contributed by atoms with Crippen molar-refractivity contribution in [3.8, 4) is 0 Å². The molecule has 0 aromatic heterocycles. The maximum absolute atomic E-state index is 14.8. The van der Waals surface area contributed by atoms with Crippen LogP contribution in [-0.4, -0.2) is 41.2 Å². The first-order valence-electron chi connectivity index (χ1n) is 10.0. The first-order valence-corrected chi connectivity index (χ1v) is 11.3. The number of halogens is 5. The number of fused-ring (bicyclic) bond motifs is 1. The molecular formula is C20H23Cl3F2N4O. The SMILES string of the molecule is O=C(Nc1ccc(Cl)c(F)c1)C1C=C2NC(NC3C(Cl)CCCC3Cl)NC2CC1F. The van der Waals surface area contributed by atoms with Crippen molar-refractivity contribution in [2.24, 2.45) is 5.92 Å². The number of nitrogens with one attached hydrogen (secondary N) is 4. The number of hydrogen-bond acceptors (Lipinski definition) is 4. The van der Waals surface area contributed by atoms with Gasteiger partial charge in [0.2, 0.25) is 5.91 Å². The van der Waals surface area contributed by atoms with Crippen LogP contribution in [0.3, 0.4) is 0 Å². The molecule has 30 heavy (non-hydrogen) atoms. The van der Waals surface area contributed by atoms with Crippen LogP contribution in [0.4, 0.5) is 14.5 Å². The van der Waals surface area contributed by atoms with E-state index in [1.165, 1.54) is 12.1 Å². The van der Waals surface area contributed by atoms with Crippen molar-refractivity contribution < 1.29 is 13.6 Å². The predicted molar refractivity (Wildman–Crippen MR) is 115 cm³/mol. The Morgan fingerprint density at radius 2 is 1.93 bits per heavy atom. The topological polar surface area (TPSA) is 65.2 Å². The number of alkyl halides is 3. The van der Waals surface area contributed by atoms with E-state index in [9.17, 15) is 13.6 Å². The fourth-order valence-corrected chi connectivity index (χ4v) is 5.25. The molecule has 1 aromatic rings. The smallest absolute Gasteiger partial charge is 0.234 e. The highest BCUT2D eigenvalue weighted by Crippen LogP contribution is 2.31. The molecule has 1 saturated carbocycles. The van der Waals surface area contributed by atoms with Crippen molar-refractivity contribution >= 4 is 46.4 Å². The van der Waals surface area contributed by atoms with E-state index in [1.807, 2.05) is 0 Å². The number of amides is 1. The zero-order valence-corrected chi connectivity index (χ0v) is 18.2. The summed E-state index contributed by atoms with van der Waals surface area (Å²) in [6, 6.07) is 3.61. The van der Waals surface area contributed by atoms with E-state index in [-0.39, 0.29) is 46.3 Å². The number of anilines is 1. The highest BCUT2D eigenvalue weighted by Gasteiger charge is 2.41. The molecular weight excluding hydrogens is 457 g/mol. The van der Waals surface area contributed by atoms with Crippen LogP contribution in [0.1, 0.15) is 25.7 Å². The highest BCUT2D eigenvalue weighted by atomic mass is 35.5. The van der Waals surface area contributed by atoms with Crippen molar-refractivity contribution in [1.82, 2.24) is 16.0 Å². The minimum Gasteiger partial charge on any atom is -0.360 e. The number of carbonyl (C=O) groups excluding carboxylic acids is 1. The molecule has 2 aliphatic carbocycles. The Bertz CT molecular complexity index is 832. The van der Waals surface area contributed by atoms with E-state index in [1.54, 1.807) is 6.08 Å². The molecule has 4 rings (SSSR count). The summed E-state index contributed by atoms with van der Waals surface area (Å²) >= 11 is 18.5. The van der Waals surface area contributed by atoms with Gasteiger partial charge in [0.15, 0.2) is 0 Å². The first-order chi connectivity index (χ1) is 14.3. The lowest BCUT2D eigenvalue weighted by atomic mass is 9.88. The summed E-state index contributed by atoms with van der Waals surface area (Å²) in [5.74, 6) is -2.18.